The molecule has 220 valence electrons. The van der Waals surface area contributed by atoms with Crippen LogP contribution in [-0.2, 0) is 22.6 Å². The Labute approximate surface area is 251 Å². The van der Waals surface area contributed by atoms with Crippen LogP contribution < -0.4 is 5.32 Å². The van der Waals surface area contributed by atoms with Crippen LogP contribution in [0, 0.1) is 19.7 Å². The second kappa shape index (κ2) is 13.6. The van der Waals surface area contributed by atoms with Gasteiger partial charge in [0.1, 0.15) is 5.82 Å². The van der Waals surface area contributed by atoms with Gasteiger partial charge in [0.05, 0.1) is 17.4 Å². The molecule has 1 fully saturated rings. The van der Waals surface area contributed by atoms with Crippen LogP contribution in [0.4, 0.5) is 10.1 Å². The maximum Gasteiger partial charge on any atom is 0.328 e. The Morgan fingerprint density at radius 3 is 2.42 bits per heavy atom. The van der Waals surface area contributed by atoms with E-state index in [2.05, 4.69) is 42.3 Å². The lowest BCUT2D eigenvalue weighted by atomic mass is 9.98. The Balaban J connectivity index is 1.45. The molecule has 1 heterocycles. The quantitative estimate of drug-likeness (QED) is 0.209. The average Bonchev–Trinajstić information content (AvgIpc) is 3.47. The van der Waals surface area contributed by atoms with Crippen molar-refractivity contribution >= 4 is 23.3 Å². The van der Waals surface area contributed by atoms with Crippen molar-refractivity contribution in [3.05, 3.63) is 136 Å². The molecule has 7 heteroatoms. The SMILES string of the molecule is Cc1ccc(CN2CCC[C@H]2C(=O)Nc2ccccc2C(=N[C@@H](Cc2ccccc2F)C(=O)O)c2ccccc2)cc1C. The predicted molar refractivity (Wildman–Crippen MR) is 168 cm³/mol. The molecule has 0 saturated carbocycles. The van der Waals surface area contributed by atoms with Crippen LogP contribution >= 0.6 is 0 Å². The van der Waals surface area contributed by atoms with Crippen LogP contribution in [0.25, 0.3) is 0 Å². The van der Waals surface area contributed by atoms with Crippen molar-refractivity contribution in [3.63, 3.8) is 0 Å². The van der Waals surface area contributed by atoms with E-state index in [0.29, 0.717) is 29.1 Å². The molecule has 0 aromatic heterocycles. The van der Waals surface area contributed by atoms with E-state index in [0.717, 1.165) is 19.4 Å². The summed E-state index contributed by atoms with van der Waals surface area (Å²) >= 11 is 0. The largest absolute Gasteiger partial charge is 0.480 e. The van der Waals surface area contributed by atoms with Gasteiger partial charge >= 0.3 is 5.97 Å². The van der Waals surface area contributed by atoms with Crippen LogP contribution in [0.2, 0.25) is 0 Å². The number of rotatable bonds is 10. The molecule has 1 aliphatic rings. The molecule has 1 aliphatic heterocycles. The average molecular weight is 578 g/mol. The van der Waals surface area contributed by atoms with Crippen LogP contribution in [0.1, 0.15) is 46.2 Å². The van der Waals surface area contributed by atoms with E-state index in [4.69, 9.17) is 4.99 Å². The molecule has 0 unspecified atom stereocenters. The van der Waals surface area contributed by atoms with Crippen LogP contribution in [-0.4, -0.2) is 46.2 Å². The molecule has 1 amide bonds. The van der Waals surface area contributed by atoms with Crippen molar-refractivity contribution in [3.8, 4) is 0 Å². The molecule has 0 radical (unpaired) electrons. The number of carboxylic acid groups (broad SMARTS) is 1. The number of likely N-dealkylation sites (tertiary alicyclic amines) is 1. The van der Waals surface area contributed by atoms with Crippen molar-refractivity contribution in [2.45, 2.75) is 51.7 Å². The molecule has 2 N–H and O–H groups in total. The van der Waals surface area contributed by atoms with E-state index >= 15 is 0 Å². The number of nitrogens with zero attached hydrogens (tertiary/aromatic N) is 2. The summed E-state index contributed by atoms with van der Waals surface area (Å²) < 4.78 is 14.5. The van der Waals surface area contributed by atoms with E-state index in [1.54, 1.807) is 24.3 Å². The number of amides is 1. The van der Waals surface area contributed by atoms with Gasteiger partial charge in [-0.05, 0) is 67.6 Å². The maximum atomic E-state index is 14.5. The number of halogens is 1. The minimum Gasteiger partial charge on any atom is -0.480 e. The first-order chi connectivity index (χ1) is 20.8. The Hall–Kier alpha value is -4.62. The minimum atomic E-state index is -1.24. The highest BCUT2D eigenvalue weighted by molar-refractivity contribution is 6.17. The zero-order valence-electron chi connectivity index (χ0n) is 24.5. The lowest BCUT2D eigenvalue weighted by Crippen LogP contribution is -2.39. The summed E-state index contributed by atoms with van der Waals surface area (Å²) in [4.78, 5) is 33.0. The number of aliphatic imine (C=N–C) groups is 1. The molecule has 4 aromatic carbocycles. The Morgan fingerprint density at radius 2 is 1.67 bits per heavy atom. The second-order valence-corrected chi connectivity index (χ2v) is 11.1. The fourth-order valence-electron chi connectivity index (χ4n) is 5.58. The molecule has 2 atom stereocenters. The maximum absolute atomic E-state index is 14.5. The molecular formula is C36H36FN3O3. The summed E-state index contributed by atoms with van der Waals surface area (Å²) in [5.74, 6) is -1.74. The monoisotopic (exact) mass is 577 g/mol. The molecule has 0 bridgehead atoms. The van der Waals surface area contributed by atoms with Gasteiger partial charge in [-0.2, -0.15) is 0 Å². The zero-order chi connectivity index (χ0) is 30.3. The fraction of sp³-hybridized carbons (Fsp3) is 0.250. The van der Waals surface area contributed by atoms with Gasteiger partial charge in [-0.1, -0.05) is 84.9 Å². The molecule has 5 rings (SSSR count). The number of hydrogen-bond donors (Lipinski definition) is 2. The van der Waals surface area contributed by atoms with E-state index < -0.39 is 17.8 Å². The van der Waals surface area contributed by atoms with E-state index in [9.17, 15) is 19.1 Å². The minimum absolute atomic E-state index is 0.109. The van der Waals surface area contributed by atoms with Gasteiger partial charge in [-0.15, -0.1) is 0 Å². The third-order valence-corrected chi connectivity index (χ3v) is 8.05. The smallest absolute Gasteiger partial charge is 0.328 e. The Bertz CT molecular complexity index is 1640. The van der Waals surface area contributed by atoms with E-state index in [1.165, 1.54) is 22.8 Å². The van der Waals surface area contributed by atoms with Crippen LogP contribution in [0.15, 0.2) is 102 Å². The first-order valence-electron chi connectivity index (χ1n) is 14.6. The highest BCUT2D eigenvalue weighted by Crippen LogP contribution is 2.26. The molecule has 1 saturated heterocycles. The summed E-state index contributed by atoms with van der Waals surface area (Å²) in [5, 5.41) is 13.2. The van der Waals surface area contributed by atoms with Gasteiger partial charge < -0.3 is 10.4 Å². The van der Waals surface area contributed by atoms with Gasteiger partial charge in [-0.25, -0.2) is 9.18 Å². The van der Waals surface area contributed by atoms with E-state index in [1.807, 2.05) is 48.5 Å². The summed E-state index contributed by atoms with van der Waals surface area (Å²) in [6.45, 7) is 5.71. The predicted octanol–water partition coefficient (Wildman–Crippen LogP) is 6.58. The van der Waals surface area contributed by atoms with Gasteiger partial charge in [0.15, 0.2) is 6.04 Å². The fourth-order valence-corrected chi connectivity index (χ4v) is 5.58. The normalized spacial score (nSPS) is 16.2. The van der Waals surface area contributed by atoms with Gasteiger partial charge in [0.25, 0.3) is 0 Å². The molecular weight excluding hydrogens is 541 g/mol. The number of carbonyl (C=O) groups is 2. The number of hydrogen-bond acceptors (Lipinski definition) is 4. The first-order valence-corrected chi connectivity index (χ1v) is 14.6. The molecule has 0 aliphatic carbocycles. The van der Waals surface area contributed by atoms with Gasteiger partial charge in [0.2, 0.25) is 5.91 Å². The highest BCUT2D eigenvalue weighted by atomic mass is 19.1. The molecule has 6 nitrogen and oxygen atoms in total. The molecule has 0 spiro atoms. The summed E-state index contributed by atoms with van der Waals surface area (Å²) in [7, 11) is 0. The number of para-hydroxylation sites is 1. The van der Waals surface area contributed by atoms with E-state index in [-0.39, 0.29) is 23.9 Å². The molecule has 4 aromatic rings. The number of aryl methyl sites for hydroxylation is 2. The lowest BCUT2D eigenvalue weighted by Gasteiger charge is -2.25. The highest BCUT2D eigenvalue weighted by Gasteiger charge is 2.31. The number of anilines is 1. The van der Waals surface area contributed by atoms with Crippen LogP contribution in [0.3, 0.4) is 0 Å². The second-order valence-electron chi connectivity index (χ2n) is 11.1. The Kier molecular flexibility index (Phi) is 9.42. The number of aliphatic carboxylic acids is 1. The number of carbonyl (C=O) groups excluding carboxylic acids is 1. The number of benzene rings is 4. The first kappa shape index (κ1) is 29.9. The number of nitrogens with one attached hydrogen (secondary N) is 1. The Morgan fingerprint density at radius 1 is 0.953 bits per heavy atom. The van der Waals surface area contributed by atoms with Crippen molar-refractivity contribution in [1.82, 2.24) is 4.90 Å². The lowest BCUT2D eigenvalue weighted by molar-refractivity contribution is -0.138. The molecule has 43 heavy (non-hydrogen) atoms. The summed E-state index contributed by atoms with van der Waals surface area (Å²) in [5.41, 5.74) is 6.18. The summed E-state index contributed by atoms with van der Waals surface area (Å²) in [6.07, 6.45) is 1.57. The number of carboxylic acids is 1. The van der Waals surface area contributed by atoms with Crippen molar-refractivity contribution in [2.24, 2.45) is 4.99 Å². The van der Waals surface area contributed by atoms with Crippen molar-refractivity contribution in [1.29, 1.82) is 0 Å². The van der Waals surface area contributed by atoms with Gasteiger partial charge in [-0.3, -0.25) is 14.7 Å². The summed E-state index contributed by atoms with van der Waals surface area (Å²) in [6, 6.07) is 27.6. The third kappa shape index (κ3) is 7.24. The van der Waals surface area contributed by atoms with Crippen molar-refractivity contribution < 1.29 is 19.1 Å². The van der Waals surface area contributed by atoms with Gasteiger partial charge in [0, 0.05) is 24.1 Å². The topological polar surface area (TPSA) is 82.0 Å². The third-order valence-electron chi connectivity index (χ3n) is 8.05. The standard InChI is InChI=1S/C36H36FN3O3/c1-24-18-19-26(21-25(24)2)23-40-20-10-17-33(40)35(41)39-31-16-9-7-14-29(31)34(27-11-4-3-5-12-27)38-32(36(42)43)22-28-13-6-8-15-30(28)37/h3-9,11-16,18-19,21,32-33H,10,17,20,22-23H2,1-2H3,(H,39,41)(H,42,43)/t32-,33-/m0/s1. The zero-order valence-corrected chi connectivity index (χ0v) is 24.5. The van der Waals surface area contributed by atoms with Crippen molar-refractivity contribution in [2.75, 3.05) is 11.9 Å². The van der Waals surface area contributed by atoms with Crippen LogP contribution in [0.5, 0.6) is 0 Å².